The van der Waals surface area contributed by atoms with Crippen LogP contribution in [-0.2, 0) is 19.5 Å². The molecule has 0 atom stereocenters. The molecule has 1 fully saturated rings. The van der Waals surface area contributed by atoms with Gasteiger partial charge in [0.1, 0.15) is 0 Å². The number of aryl methyl sites for hydroxylation is 1. The number of rotatable bonds is 7. The van der Waals surface area contributed by atoms with Gasteiger partial charge in [-0.2, -0.15) is 0 Å². The number of nitrogens with one attached hydrogen (secondary N) is 1. The van der Waals surface area contributed by atoms with E-state index in [1.165, 1.54) is 29.8 Å². The van der Waals surface area contributed by atoms with Crippen LogP contribution in [0.3, 0.4) is 0 Å². The SMILES string of the molecule is CCc1ccc(NC(N)=NCc2ccc(CN3CCN(CC)CC3)cc2)cc1.I. The Morgan fingerprint density at radius 2 is 1.41 bits per heavy atom. The van der Waals surface area contributed by atoms with Gasteiger partial charge in [-0.3, -0.25) is 4.90 Å². The minimum absolute atomic E-state index is 0. The molecule has 5 nitrogen and oxygen atoms in total. The van der Waals surface area contributed by atoms with E-state index in [0.717, 1.165) is 38.3 Å². The maximum Gasteiger partial charge on any atom is 0.193 e. The van der Waals surface area contributed by atoms with Crippen LogP contribution in [0.4, 0.5) is 5.69 Å². The van der Waals surface area contributed by atoms with E-state index in [-0.39, 0.29) is 24.0 Å². The fourth-order valence-electron chi connectivity index (χ4n) is 3.46. The Balaban J connectivity index is 0.00000300. The highest BCUT2D eigenvalue weighted by Gasteiger charge is 2.15. The number of hydrogen-bond acceptors (Lipinski definition) is 3. The first-order chi connectivity index (χ1) is 13.7. The second-order valence-electron chi connectivity index (χ2n) is 7.40. The molecule has 0 radical (unpaired) electrons. The zero-order valence-electron chi connectivity index (χ0n) is 17.6. The summed E-state index contributed by atoms with van der Waals surface area (Å²) in [5, 5.41) is 3.15. The second kappa shape index (κ2) is 12.1. The topological polar surface area (TPSA) is 56.9 Å². The predicted molar refractivity (Wildman–Crippen MR) is 134 cm³/mol. The van der Waals surface area contributed by atoms with Crippen molar-refractivity contribution in [1.82, 2.24) is 9.80 Å². The Morgan fingerprint density at radius 1 is 0.862 bits per heavy atom. The Morgan fingerprint density at radius 3 is 2.00 bits per heavy atom. The number of likely N-dealkylation sites (N-methyl/N-ethyl adjacent to an activating group) is 1. The molecule has 6 heteroatoms. The molecule has 1 aliphatic rings. The van der Waals surface area contributed by atoms with Gasteiger partial charge in [-0.05, 0) is 41.8 Å². The standard InChI is InChI=1S/C23H33N5.HI/c1-3-19-9-11-22(12-10-19)26-23(24)25-17-20-5-7-21(8-6-20)18-28-15-13-27(4-2)14-16-28;/h5-12H,3-4,13-18H2,1-2H3,(H3,24,25,26);1H. The van der Waals surface area contributed by atoms with Gasteiger partial charge in [-0.25, -0.2) is 4.99 Å². The largest absolute Gasteiger partial charge is 0.370 e. The summed E-state index contributed by atoms with van der Waals surface area (Å²) in [6.07, 6.45) is 1.04. The van der Waals surface area contributed by atoms with E-state index in [1.54, 1.807) is 0 Å². The van der Waals surface area contributed by atoms with Crippen LogP contribution in [0.1, 0.15) is 30.5 Å². The van der Waals surface area contributed by atoms with Crippen molar-refractivity contribution in [2.75, 3.05) is 38.0 Å². The van der Waals surface area contributed by atoms with E-state index in [0.29, 0.717) is 12.5 Å². The van der Waals surface area contributed by atoms with Gasteiger partial charge in [-0.1, -0.05) is 50.2 Å². The van der Waals surface area contributed by atoms with Crippen molar-refractivity contribution in [3.05, 3.63) is 65.2 Å². The highest BCUT2D eigenvalue weighted by Crippen LogP contribution is 2.12. The number of nitrogens with zero attached hydrogens (tertiary/aromatic N) is 3. The number of nitrogens with two attached hydrogens (primary N) is 1. The molecule has 0 spiro atoms. The molecule has 0 unspecified atom stereocenters. The van der Waals surface area contributed by atoms with E-state index in [1.807, 2.05) is 12.1 Å². The normalized spacial score (nSPS) is 15.7. The van der Waals surface area contributed by atoms with Gasteiger partial charge in [0.2, 0.25) is 0 Å². The molecule has 1 aliphatic heterocycles. The van der Waals surface area contributed by atoms with E-state index < -0.39 is 0 Å². The van der Waals surface area contributed by atoms with Crippen molar-refractivity contribution in [2.24, 2.45) is 10.7 Å². The van der Waals surface area contributed by atoms with E-state index in [9.17, 15) is 0 Å². The molecule has 0 bridgehead atoms. The van der Waals surface area contributed by atoms with Gasteiger partial charge in [0.15, 0.2) is 5.96 Å². The number of hydrogen-bond donors (Lipinski definition) is 2. The molecule has 0 saturated carbocycles. The van der Waals surface area contributed by atoms with E-state index in [2.05, 4.69) is 70.4 Å². The van der Waals surface area contributed by atoms with Crippen molar-refractivity contribution in [1.29, 1.82) is 0 Å². The van der Waals surface area contributed by atoms with Crippen molar-refractivity contribution >= 4 is 35.6 Å². The molecule has 3 rings (SSSR count). The van der Waals surface area contributed by atoms with E-state index in [4.69, 9.17) is 5.73 Å². The molecule has 1 heterocycles. The van der Waals surface area contributed by atoms with Crippen molar-refractivity contribution in [3.63, 3.8) is 0 Å². The summed E-state index contributed by atoms with van der Waals surface area (Å²) < 4.78 is 0. The number of aliphatic imine (C=N–C) groups is 1. The fraction of sp³-hybridized carbons (Fsp3) is 0.435. The van der Waals surface area contributed by atoms with Crippen LogP contribution in [-0.4, -0.2) is 48.5 Å². The summed E-state index contributed by atoms with van der Waals surface area (Å²) in [4.78, 5) is 9.50. The van der Waals surface area contributed by atoms with Crippen molar-refractivity contribution in [2.45, 2.75) is 33.4 Å². The first-order valence-corrected chi connectivity index (χ1v) is 10.3. The zero-order chi connectivity index (χ0) is 19.8. The highest BCUT2D eigenvalue weighted by atomic mass is 127. The van der Waals surface area contributed by atoms with Gasteiger partial charge >= 0.3 is 0 Å². The monoisotopic (exact) mass is 507 g/mol. The molecule has 2 aromatic rings. The van der Waals surface area contributed by atoms with Crippen LogP contribution in [0.5, 0.6) is 0 Å². The molecular formula is C23H34IN5. The third-order valence-electron chi connectivity index (χ3n) is 5.41. The minimum Gasteiger partial charge on any atom is -0.370 e. The number of piperazine rings is 1. The molecule has 3 N–H and O–H groups in total. The highest BCUT2D eigenvalue weighted by molar-refractivity contribution is 14.0. The number of anilines is 1. The van der Waals surface area contributed by atoms with E-state index >= 15 is 0 Å². The lowest BCUT2D eigenvalue weighted by Crippen LogP contribution is -2.45. The quantitative estimate of drug-likeness (QED) is 0.339. The smallest absolute Gasteiger partial charge is 0.193 e. The second-order valence-corrected chi connectivity index (χ2v) is 7.40. The lowest BCUT2D eigenvalue weighted by Gasteiger charge is -2.34. The van der Waals surface area contributed by atoms with Crippen LogP contribution in [0.25, 0.3) is 0 Å². The predicted octanol–water partition coefficient (Wildman–Crippen LogP) is 3.93. The molecule has 0 aliphatic carbocycles. The summed E-state index contributed by atoms with van der Waals surface area (Å²) in [5.41, 5.74) is 10.8. The molecule has 158 valence electrons. The van der Waals surface area contributed by atoms with Crippen LogP contribution in [0.2, 0.25) is 0 Å². The minimum atomic E-state index is 0. The molecule has 29 heavy (non-hydrogen) atoms. The fourth-order valence-corrected chi connectivity index (χ4v) is 3.46. The Bertz CT molecular complexity index is 750. The van der Waals surface area contributed by atoms with Gasteiger partial charge in [0.25, 0.3) is 0 Å². The summed E-state index contributed by atoms with van der Waals surface area (Å²) in [6.45, 7) is 11.8. The first kappa shape index (κ1) is 23.6. The Hall–Kier alpha value is -1.64. The number of halogens is 1. The molecule has 0 aromatic heterocycles. The van der Waals surface area contributed by atoms with Gasteiger partial charge in [-0.15, -0.1) is 24.0 Å². The van der Waals surface area contributed by atoms with Crippen LogP contribution < -0.4 is 11.1 Å². The third-order valence-corrected chi connectivity index (χ3v) is 5.41. The first-order valence-electron chi connectivity index (χ1n) is 10.3. The summed E-state index contributed by atoms with van der Waals surface area (Å²) >= 11 is 0. The summed E-state index contributed by atoms with van der Waals surface area (Å²) in [5.74, 6) is 0.446. The summed E-state index contributed by atoms with van der Waals surface area (Å²) in [7, 11) is 0. The van der Waals surface area contributed by atoms with Crippen molar-refractivity contribution in [3.8, 4) is 0 Å². The molecular weight excluding hydrogens is 473 g/mol. The summed E-state index contributed by atoms with van der Waals surface area (Å²) in [6, 6.07) is 17.0. The Labute approximate surface area is 192 Å². The average molecular weight is 507 g/mol. The zero-order valence-corrected chi connectivity index (χ0v) is 19.9. The number of guanidine groups is 1. The lowest BCUT2D eigenvalue weighted by molar-refractivity contribution is 0.132. The van der Waals surface area contributed by atoms with Crippen molar-refractivity contribution < 1.29 is 0 Å². The van der Waals surface area contributed by atoms with Gasteiger partial charge in [0, 0.05) is 38.4 Å². The lowest BCUT2D eigenvalue weighted by atomic mass is 10.1. The average Bonchev–Trinajstić information content (AvgIpc) is 2.74. The molecule has 1 saturated heterocycles. The van der Waals surface area contributed by atoms with Crippen LogP contribution in [0, 0.1) is 0 Å². The number of benzene rings is 2. The molecule has 0 amide bonds. The van der Waals surface area contributed by atoms with Gasteiger partial charge in [0.05, 0.1) is 6.54 Å². The molecule has 2 aromatic carbocycles. The van der Waals surface area contributed by atoms with Crippen LogP contribution >= 0.6 is 24.0 Å². The third kappa shape index (κ3) is 7.60. The Kier molecular flexibility index (Phi) is 9.90. The van der Waals surface area contributed by atoms with Gasteiger partial charge < -0.3 is 16.0 Å². The maximum absolute atomic E-state index is 6.03. The maximum atomic E-state index is 6.03. The van der Waals surface area contributed by atoms with Crippen LogP contribution in [0.15, 0.2) is 53.5 Å².